The first-order valence-electron chi connectivity index (χ1n) is 4.10. The van der Waals surface area contributed by atoms with E-state index in [1.54, 1.807) is 19.3 Å². The van der Waals surface area contributed by atoms with Gasteiger partial charge in [-0.25, -0.2) is 0 Å². The summed E-state index contributed by atoms with van der Waals surface area (Å²) in [5.74, 6) is 5.54. The van der Waals surface area contributed by atoms with Crippen molar-refractivity contribution < 1.29 is 4.74 Å². The van der Waals surface area contributed by atoms with E-state index in [-0.39, 0.29) is 0 Å². The Morgan fingerprint density at radius 1 is 1.36 bits per heavy atom. The molecule has 62 valence electrons. The van der Waals surface area contributed by atoms with Gasteiger partial charge in [-0.05, 0) is 13.3 Å². The Hall–Kier alpha value is -0.900. The summed E-state index contributed by atoms with van der Waals surface area (Å²) < 4.78 is 5.15. The van der Waals surface area contributed by atoms with Gasteiger partial charge in [-0.15, -0.1) is 5.92 Å². The normalized spacial score (nSPS) is 9.27. The lowest BCUT2D eigenvalue weighted by molar-refractivity contribution is 0.242. The molecule has 0 N–H and O–H groups in total. The highest BCUT2D eigenvalue weighted by atomic mass is 16.5. The standard InChI is InChI=1S/C10H16O/c1-3-5-7-9-11-10-8-6-4-2/h8,10H,3,5,7,9H2,1-2H3/b10-8+. The van der Waals surface area contributed by atoms with Gasteiger partial charge in [0, 0.05) is 6.08 Å². The fourth-order valence-electron chi connectivity index (χ4n) is 0.669. The van der Waals surface area contributed by atoms with Crippen molar-refractivity contribution in [2.75, 3.05) is 6.61 Å². The summed E-state index contributed by atoms with van der Waals surface area (Å²) in [5, 5.41) is 0. The second kappa shape index (κ2) is 9.10. The quantitative estimate of drug-likeness (QED) is 0.334. The molecule has 0 atom stereocenters. The van der Waals surface area contributed by atoms with E-state index in [0.717, 1.165) is 13.0 Å². The van der Waals surface area contributed by atoms with E-state index >= 15 is 0 Å². The Morgan fingerprint density at radius 3 is 2.82 bits per heavy atom. The highest BCUT2D eigenvalue weighted by molar-refractivity contribution is 5.11. The maximum atomic E-state index is 5.15. The van der Waals surface area contributed by atoms with Crippen LogP contribution in [0.15, 0.2) is 12.3 Å². The molecular formula is C10H16O. The topological polar surface area (TPSA) is 9.23 Å². The third-order valence-corrected chi connectivity index (χ3v) is 1.26. The monoisotopic (exact) mass is 152 g/mol. The summed E-state index contributed by atoms with van der Waals surface area (Å²) in [7, 11) is 0. The largest absolute Gasteiger partial charge is 0.501 e. The van der Waals surface area contributed by atoms with Gasteiger partial charge in [-0.1, -0.05) is 25.7 Å². The Kier molecular flexibility index (Phi) is 8.36. The van der Waals surface area contributed by atoms with Crippen LogP contribution in [0, 0.1) is 11.8 Å². The summed E-state index contributed by atoms with van der Waals surface area (Å²) in [5.41, 5.74) is 0. The number of ether oxygens (including phenoxy) is 1. The average Bonchev–Trinajstić information content (AvgIpc) is 2.03. The van der Waals surface area contributed by atoms with Crippen molar-refractivity contribution in [2.45, 2.75) is 33.1 Å². The summed E-state index contributed by atoms with van der Waals surface area (Å²) in [6, 6.07) is 0. The van der Waals surface area contributed by atoms with Gasteiger partial charge in [0.2, 0.25) is 0 Å². The van der Waals surface area contributed by atoms with Crippen LogP contribution in [0.5, 0.6) is 0 Å². The van der Waals surface area contributed by atoms with Crippen molar-refractivity contribution in [1.82, 2.24) is 0 Å². The van der Waals surface area contributed by atoms with Crippen LogP contribution >= 0.6 is 0 Å². The summed E-state index contributed by atoms with van der Waals surface area (Å²) in [6.07, 6.45) is 7.01. The van der Waals surface area contributed by atoms with Gasteiger partial charge in [0.1, 0.15) is 0 Å². The zero-order chi connectivity index (χ0) is 8.36. The molecule has 0 radical (unpaired) electrons. The van der Waals surface area contributed by atoms with E-state index in [4.69, 9.17) is 4.74 Å². The summed E-state index contributed by atoms with van der Waals surface area (Å²) in [4.78, 5) is 0. The van der Waals surface area contributed by atoms with Gasteiger partial charge < -0.3 is 4.74 Å². The van der Waals surface area contributed by atoms with Gasteiger partial charge in [-0.3, -0.25) is 0 Å². The molecule has 0 amide bonds. The van der Waals surface area contributed by atoms with E-state index in [9.17, 15) is 0 Å². The second-order valence-corrected chi connectivity index (χ2v) is 2.27. The highest BCUT2D eigenvalue weighted by Gasteiger charge is 1.82. The summed E-state index contributed by atoms with van der Waals surface area (Å²) >= 11 is 0. The Morgan fingerprint density at radius 2 is 2.18 bits per heavy atom. The van der Waals surface area contributed by atoms with Gasteiger partial charge >= 0.3 is 0 Å². The smallest absolute Gasteiger partial charge is 0.0912 e. The van der Waals surface area contributed by atoms with Crippen LogP contribution in [-0.4, -0.2) is 6.61 Å². The molecule has 0 spiro atoms. The molecule has 0 aliphatic rings. The molecule has 1 nitrogen and oxygen atoms in total. The number of unbranched alkanes of at least 4 members (excludes halogenated alkanes) is 2. The zero-order valence-electron chi connectivity index (χ0n) is 7.39. The van der Waals surface area contributed by atoms with Crippen LogP contribution in [0.3, 0.4) is 0 Å². The molecule has 0 rings (SSSR count). The fourth-order valence-corrected chi connectivity index (χ4v) is 0.669. The SMILES string of the molecule is CC#C/C=C/OCCCCC. The predicted octanol–water partition coefficient (Wildman–Crippen LogP) is 2.73. The first-order chi connectivity index (χ1) is 5.41. The molecule has 0 unspecified atom stereocenters. The van der Waals surface area contributed by atoms with E-state index in [2.05, 4.69) is 18.8 Å². The molecule has 0 aromatic carbocycles. The van der Waals surface area contributed by atoms with E-state index in [1.807, 2.05) is 0 Å². The maximum absolute atomic E-state index is 5.15. The van der Waals surface area contributed by atoms with Gasteiger partial charge in [-0.2, -0.15) is 0 Å². The molecule has 0 aromatic rings. The molecule has 11 heavy (non-hydrogen) atoms. The first kappa shape index (κ1) is 10.1. The molecule has 0 bridgehead atoms. The number of allylic oxidation sites excluding steroid dienone is 1. The van der Waals surface area contributed by atoms with Gasteiger partial charge in [0.25, 0.3) is 0 Å². The minimum atomic E-state index is 0.815. The Bertz CT molecular complexity index is 148. The summed E-state index contributed by atoms with van der Waals surface area (Å²) in [6.45, 7) is 4.80. The Labute approximate surface area is 69.4 Å². The van der Waals surface area contributed by atoms with Crippen molar-refractivity contribution in [3.63, 3.8) is 0 Å². The minimum absolute atomic E-state index is 0.815. The van der Waals surface area contributed by atoms with Crippen LogP contribution in [0.1, 0.15) is 33.1 Å². The minimum Gasteiger partial charge on any atom is -0.501 e. The lowest BCUT2D eigenvalue weighted by Gasteiger charge is -1.96. The predicted molar refractivity (Wildman–Crippen MR) is 48.1 cm³/mol. The molecule has 0 heterocycles. The molecule has 0 saturated heterocycles. The molecule has 0 aromatic heterocycles. The number of rotatable bonds is 5. The van der Waals surface area contributed by atoms with Gasteiger partial charge in [0.05, 0.1) is 12.9 Å². The highest BCUT2D eigenvalue weighted by Crippen LogP contribution is 1.93. The molecular weight excluding hydrogens is 136 g/mol. The van der Waals surface area contributed by atoms with Crippen LogP contribution < -0.4 is 0 Å². The van der Waals surface area contributed by atoms with Crippen molar-refractivity contribution >= 4 is 0 Å². The van der Waals surface area contributed by atoms with Crippen LogP contribution in [0.2, 0.25) is 0 Å². The molecule has 0 aliphatic heterocycles. The van der Waals surface area contributed by atoms with Gasteiger partial charge in [0.15, 0.2) is 0 Å². The van der Waals surface area contributed by atoms with E-state index < -0.39 is 0 Å². The van der Waals surface area contributed by atoms with E-state index in [1.165, 1.54) is 12.8 Å². The molecule has 0 fully saturated rings. The maximum Gasteiger partial charge on any atom is 0.0912 e. The number of hydrogen-bond acceptors (Lipinski definition) is 1. The number of hydrogen-bond donors (Lipinski definition) is 0. The van der Waals surface area contributed by atoms with E-state index in [0.29, 0.717) is 0 Å². The van der Waals surface area contributed by atoms with Crippen LogP contribution in [0.4, 0.5) is 0 Å². The first-order valence-corrected chi connectivity index (χ1v) is 4.10. The third kappa shape index (κ3) is 9.10. The molecule has 1 heteroatoms. The molecule has 0 saturated carbocycles. The van der Waals surface area contributed by atoms with Crippen molar-refractivity contribution in [2.24, 2.45) is 0 Å². The molecule has 0 aliphatic carbocycles. The fraction of sp³-hybridized carbons (Fsp3) is 0.600. The second-order valence-electron chi connectivity index (χ2n) is 2.27. The zero-order valence-corrected chi connectivity index (χ0v) is 7.39. The van der Waals surface area contributed by atoms with Crippen LogP contribution in [0.25, 0.3) is 0 Å². The lowest BCUT2D eigenvalue weighted by Crippen LogP contribution is -1.85. The van der Waals surface area contributed by atoms with Crippen LogP contribution in [-0.2, 0) is 4.74 Å². The van der Waals surface area contributed by atoms with Crippen molar-refractivity contribution in [1.29, 1.82) is 0 Å². The lowest BCUT2D eigenvalue weighted by atomic mass is 10.3. The van der Waals surface area contributed by atoms with Crippen molar-refractivity contribution in [3.8, 4) is 11.8 Å². The Balaban J connectivity index is 3.05. The van der Waals surface area contributed by atoms with Crippen molar-refractivity contribution in [3.05, 3.63) is 12.3 Å². The average molecular weight is 152 g/mol. The third-order valence-electron chi connectivity index (χ3n) is 1.26.